The van der Waals surface area contributed by atoms with Crippen molar-refractivity contribution in [3.63, 3.8) is 0 Å². The molecule has 0 radical (unpaired) electrons. The average Bonchev–Trinajstić information content (AvgIpc) is 2.48. The molecule has 1 fully saturated rings. The van der Waals surface area contributed by atoms with Crippen molar-refractivity contribution in [1.29, 1.82) is 0 Å². The third kappa shape index (κ3) is 4.10. The van der Waals surface area contributed by atoms with Crippen LogP contribution in [0.4, 0.5) is 8.78 Å². The third-order valence-corrected chi connectivity index (χ3v) is 5.59. The number of benzene rings is 1. The maximum atomic E-state index is 12.7. The van der Waals surface area contributed by atoms with E-state index in [2.05, 4.69) is 4.74 Å². The number of piperidine rings is 1. The number of carbonyl (C=O) groups is 1. The molecule has 1 aliphatic heterocycles. The van der Waals surface area contributed by atoms with Crippen molar-refractivity contribution in [3.05, 3.63) is 23.2 Å². The van der Waals surface area contributed by atoms with Crippen LogP contribution < -0.4 is 4.74 Å². The van der Waals surface area contributed by atoms with Gasteiger partial charge in [-0.2, -0.15) is 13.1 Å². The summed E-state index contributed by atoms with van der Waals surface area (Å²) in [4.78, 5) is 10.6. The highest BCUT2D eigenvalue weighted by atomic mass is 35.5. The zero-order valence-corrected chi connectivity index (χ0v) is 13.4. The summed E-state index contributed by atoms with van der Waals surface area (Å²) in [5, 5.41) is 9.08. The number of hydrogen-bond donors (Lipinski definition) is 1. The molecule has 1 saturated heterocycles. The highest BCUT2D eigenvalue weighted by Gasteiger charge is 2.35. The van der Waals surface area contributed by atoms with E-state index in [-0.39, 0.29) is 18.1 Å². The van der Waals surface area contributed by atoms with Gasteiger partial charge in [0, 0.05) is 18.1 Å². The fourth-order valence-corrected chi connectivity index (χ4v) is 4.29. The normalized spacial score (nSPS) is 19.7. The monoisotopic (exact) mass is 369 g/mol. The molecule has 0 spiro atoms. The smallest absolute Gasteiger partial charge is 0.387 e. The first-order chi connectivity index (χ1) is 10.7. The molecule has 1 aromatic carbocycles. The molecule has 2 rings (SSSR count). The van der Waals surface area contributed by atoms with Gasteiger partial charge in [0.2, 0.25) is 10.0 Å². The lowest BCUT2D eigenvalue weighted by Crippen LogP contribution is -2.42. The Balaban J connectivity index is 2.39. The van der Waals surface area contributed by atoms with Crippen molar-refractivity contribution >= 4 is 27.6 Å². The number of carboxylic acid groups (broad SMARTS) is 1. The molecule has 1 heterocycles. The van der Waals surface area contributed by atoms with Gasteiger partial charge < -0.3 is 9.84 Å². The van der Waals surface area contributed by atoms with E-state index in [9.17, 15) is 22.0 Å². The van der Waals surface area contributed by atoms with Crippen LogP contribution in [0.15, 0.2) is 23.1 Å². The first-order valence-corrected chi connectivity index (χ1v) is 8.51. The van der Waals surface area contributed by atoms with Crippen LogP contribution in [0.2, 0.25) is 5.02 Å². The van der Waals surface area contributed by atoms with Crippen molar-refractivity contribution in [1.82, 2.24) is 4.31 Å². The number of nitrogens with zero attached hydrogens (tertiary/aromatic N) is 1. The van der Waals surface area contributed by atoms with E-state index < -0.39 is 39.2 Å². The first kappa shape index (κ1) is 17.9. The van der Waals surface area contributed by atoms with Gasteiger partial charge in [-0.1, -0.05) is 11.6 Å². The van der Waals surface area contributed by atoms with E-state index in [1.54, 1.807) is 0 Å². The molecule has 23 heavy (non-hydrogen) atoms. The third-order valence-electron chi connectivity index (χ3n) is 3.47. The first-order valence-electron chi connectivity index (χ1n) is 6.69. The molecule has 10 heteroatoms. The Hall–Kier alpha value is -1.45. The number of halogens is 3. The SMILES string of the molecule is O=C(O)C1CCCN(S(=O)(=O)c2cc(Cl)ccc2OC(F)F)C1. The molecule has 0 amide bonds. The van der Waals surface area contributed by atoms with E-state index in [4.69, 9.17) is 16.7 Å². The Kier molecular flexibility index (Phi) is 5.43. The summed E-state index contributed by atoms with van der Waals surface area (Å²) in [6, 6.07) is 3.29. The van der Waals surface area contributed by atoms with Crippen LogP contribution in [0.5, 0.6) is 5.75 Å². The van der Waals surface area contributed by atoms with Gasteiger partial charge in [0.05, 0.1) is 5.92 Å². The number of ether oxygens (including phenoxy) is 1. The number of hydrogen-bond acceptors (Lipinski definition) is 4. The lowest BCUT2D eigenvalue weighted by atomic mass is 10.0. The van der Waals surface area contributed by atoms with Crippen LogP contribution in [0.25, 0.3) is 0 Å². The Bertz CT molecular complexity index is 698. The minimum atomic E-state index is -4.20. The summed E-state index contributed by atoms with van der Waals surface area (Å²) in [5.74, 6) is -2.46. The molecule has 0 saturated carbocycles. The van der Waals surface area contributed by atoms with E-state index in [0.29, 0.717) is 12.8 Å². The highest BCUT2D eigenvalue weighted by molar-refractivity contribution is 7.89. The van der Waals surface area contributed by atoms with Gasteiger partial charge in [0.25, 0.3) is 0 Å². The van der Waals surface area contributed by atoms with Crippen LogP contribution in [-0.4, -0.2) is 43.5 Å². The summed E-state index contributed by atoms with van der Waals surface area (Å²) in [7, 11) is -4.20. The minimum absolute atomic E-state index is 0.0389. The molecule has 0 aromatic heterocycles. The number of sulfonamides is 1. The fourth-order valence-electron chi connectivity index (χ4n) is 2.38. The minimum Gasteiger partial charge on any atom is -0.481 e. The highest BCUT2D eigenvalue weighted by Crippen LogP contribution is 2.32. The average molecular weight is 370 g/mol. The summed E-state index contributed by atoms with van der Waals surface area (Å²) >= 11 is 5.76. The summed E-state index contributed by atoms with van der Waals surface area (Å²) in [6.45, 7) is -3.32. The molecule has 0 bridgehead atoms. The van der Waals surface area contributed by atoms with E-state index >= 15 is 0 Å². The molecular weight excluding hydrogens is 356 g/mol. The fraction of sp³-hybridized carbons (Fsp3) is 0.462. The Morgan fingerprint density at radius 3 is 2.74 bits per heavy atom. The number of rotatable bonds is 5. The second-order valence-corrected chi connectivity index (χ2v) is 7.35. The Morgan fingerprint density at radius 2 is 2.13 bits per heavy atom. The molecule has 6 nitrogen and oxygen atoms in total. The topological polar surface area (TPSA) is 83.9 Å². The zero-order valence-electron chi connectivity index (χ0n) is 11.8. The molecular formula is C13H14ClF2NO5S. The van der Waals surface area contributed by atoms with Crippen molar-refractivity contribution in [2.24, 2.45) is 5.92 Å². The Morgan fingerprint density at radius 1 is 1.43 bits per heavy atom. The van der Waals surface area contributed by atoms with E-state index in [1.165, 1.54) is 6.07 Å². The molecule has 1 aromatic rings. The zero-order chi connectivity index (χ0) is 17.2. The summed E-state index contributed by atoms with van der Waals surface area (Å²) < 4.78 is 55.4. The van der Waals surface area contributed by atoms with Crippen LogP contribution in [0.3, 0.4) is 0 Å². The second-order valence-electron chi connectivity index (χ2n) is 5.01. The van der Waals surface area contributed by atoms with Gasteiger partial charge in [-0.15, -0.1) is 0 Å². The molecule has 1 unspecified atom stereocenters. The second kappa shape index (κ2) is 6.98. The van der Waals surface area contributed by atoms with Crippen LogP contribution in [0, 0.1) is 5.92 Å². The molecule has 1 atom stereocenters. The van der Waals surface area contributed by atoms with Crippen LogP contribution in [0.1, 0.15) is 12.8 Å². The van der Waals surface area contributed by atoms with Gasteiger partial charge in [0.1, 0.15) is 10.6 Å². The van der Waals surface area contributed by atoms with Crippen LogP contribution in [-0.2, 0) is 14.8 Å². The number of carboxylic acids is 1. The van der Waals surface area contributed by atoms with E-state index in [0.717, 1.165) is 16.4 Å². The lowest BCUT2D eigenvalue weighted by Gasteiger charge is -2.30. The molecule has 1 aliphatic rings. The van der Waals surface area contributed by atoms with Crippen molar-refractivity contribution in [3.8, 4) is 5.75 Å². The van der Waals surface area contributed by atoms with Gasteiger partial charge in [-0.3, -0.25) is 4.79 Å². The summed E-state index contributed by atoms with van der Waals surface area (Å²) in [6.07, 6.45) is 0.721. The molecule has 1 N–H and O–H groups in total. The van der Waals surface area contributed by atoms with Crippen molar-refractivity contribution < 1.29 is 31.8 Å². The standard InChI is InChI=1S/C13H14ClF2NO5S/c14-9-3-4-10(22-13(15)16)11(6-9)23(20,21)17-5-1-2-8(7-17)12(18)19/h3-4,6,8,13H,1-2,5,7H2,(H,18,19). The number of aliphatic carboxylic acids is 1. The predicted molar refractivity (Wildman–Crippen MR) is 77.2 cm³/mol. The predicted octanol–water partition coefficient (Wildman–Crippen LogP) is 2.43. The maximum absolute atomic E-state index is 12.7. The molecule has 128 valence electrons. The van der Waals surface area contributed by atoms with Gasteiger partial charge in [0.15, 0.2) is 0 Å². The van der Waals surface area contributed by atoms with Crippen LogP contribution >= 0.6 is 11.6 Å². The largest absolute Gasteiger partial charge is 0.481 e. The number of alkyl halides is 2. The quantitative estimate of drug-likeness (QED) is 0.861. The van der Waals surface area contributed by atoms with Gasteiger partial charge >= 0.3 is 12.6 Å². The molecule has 0 aliphatic carbocycles. The summed E-state index contributed by atoms with van der Waals surface area (Å²) in [5.41, 5.74) is 0. The van der Waals surface area contributed by atoms with E-state index in [1.807, 2.05) is 0 Å². The maximum Gasteiger partial charge on any atom is 0.387 e. The van der Waals surface area contributed by atoms with Gasteiger partial charge in [-0.25, -0.2) is 8.42 Å². The van der Waals surface area contributed by atoms with Gasteiger partial charge in [-0.05, 0) is 31.0 Å². The Labute approximate surface area is 136 Å². The van der Waals surface area contributed by atoms with Crippen molar-refractivity contribution in [2.75, 3.05) is 13.1 Å². The lowest BCUT2D eigenvalue weighted by molar-refractivity contribution is -0.142. The van der Waals surface area contributed by atoms with Crippen molar-refractivity contribution in [2.45, 2.75) is 24.3 Å².